The van der Waals surface area contributed by atoms with Crippen molar-refractivity contribution in [3.63, 3.8) is 0 Å². The number of benzene rings is 2. The molecule has 2 aromatic rings. The Kier molecular flexibility index (Phi) is 4.74. The Hall–Kier alpha value is -3.02. The van der Waals surface area contributed by atoms with Crippen LogP contribution in [0, 0.1) is 10.1 Å². The molecule has 3 N–H and O–H groups in total. The molecule has 0 bridgehead atoms. The summed E-state index contributed by atoms with van der Waals surface area (Å²) < 4.78 is 66.3. The van der Waals surface area contributed by atoms with Gasteiger partial charge in [-0.05, 0) is 36.4 Å². The van der Waals surface area contributed by atoms with E-state index < -0.39 is 32.7 Å². The normalized spacial score (nSPS) is 11.8. The van der Waals surface area contributed by atoms with Crippen molar-refractivity contribution in [1.29, 1.82) is 0 Å². The first kappa shape index (κ1) is 18.3. The predicted octanol–water partition coefficient (Wildman–Crippen LogP) is 2.88. The summed E-state index contributed by atoms with van der Waals surface area (Å²) in [6.07, 6.45) is -4.90. The van der Waals surface area contributed by atoms with Crippen LogP contribution in [0.15, 0.2) is 47.4 Å². The minimum absolute atomic E-state index is 0.128. The minimum Gasteiger partial charge on any atom is -0.406 e. The molecule has 0 spiro atoms. The third-order valence-corrected chi connectivity index (χ3v) is 4.24. The molecule has 0 aliphatic heterocycles. The van der Waals surface area contributed by atoms with Gasteiger partial charge >= 0.3 is 6.36 Å². The van der Waals surface area contributed by atoms with E-state index in [2.05, 4.69) is 9.46 Å². The zero-order valence-corrected chi connectivity index (χ0v) is 13.0. The number of nitro benzene ring substituents is 1. The van der Waals surface area contributed by atoms with Crippen molar-refractivity contribution in [2.24, 2.45) is 0 Å². The van der Waals surface area contributed by atoms with Crippen LogP contribution in [0.2, 0.25) is 0 Å². The number of halogens is 3. The van der Waals surface area contributed by atoms with E-state index in [-0.39, 0.29) is 16.3 Å². The van der Waals surface area contributed by atoms with Crippen molar-refractivity contribution >= 4 is 27.1 Å². The zero-order chi connectivity index (χ0) is 18.8. The molecular weight excluding hydrogens is 367 g/mol. The van der Waals surface area contributed by atoms with Crippen LogP contribution < -0.4 is 15.2 Å². The molecule has 8 nitrogen and oxygen atoms in total. The van der Waals surface area contributed by atoms with Crippen LogP contribution in [-0.4, -0.2) is 19.7 Å². The predicted molar refractivity (Wildman–Crippen MR) is 81.4 cm³/mol. The van der Waals surface area contributed by atoms with Crippen LogP contribution in [0.4, 0.5) is 30.2 Å². The molecule has 0 aromatic heterocycles. The minimum atomic E-state index is -4.90. The molecule has 0 fully saturated rings. The summed E-state index contributed by atoms with van der Waals surface area (Å²) in [5.41, 5.74) is 4.64. The maximum Gasteiger partial charge on any atom is 0.573 e. The van der Waals surface area contributed by atoms with E-state index in [0.29, 0.717) is 0 Å². The van der Waals surface area contributed by atoms with Crippen molar-refractivity contribution in [2.45, 2.75) is 11.3 Å². The monoisotopic (exact) mass is 377 g/mol. The fourth-order valence-corrected chi connectivity index (χ4v) is 2.85. The van der Waals surface area contributed by atoms with Crippen LogP contribution in [0.25, 0.3) is 0 Å². The molecule has 0 heterocycles. The average Bonchev–Trinajstić information content (AvgIpc) is 2.47. The number of nitrogen functional groups attached to an aromatic ring is 1. The van der Waals surface area contributed by atoms with Gasteiger partial charge in [0.25, 0.3) is 15.7 Å². The molecule has 0 saturated heterocycles. The van der Waals surface area contributed by atoms with E-state index in [9.17, 15) is 31.7 Å². The zero-order valence-electron chi connectivity index (χ0n) is 12.1. The number of sulfonamides is 1. The molecule has 2 aromatic carbocycles. The van der Waals surface area contributed by atoms with Gasteiger partial charge in [0.15, 0.2) is 0 Å². The molecular formula is C13H10F3N3O5S. The summed E-state index contributed by atoms with van der Waals surface area (Å²) in [7, 11) is -4.18. The van der Waals surface area contributed by atoms with Gasteiger partial charge in [0, 0.05) is 6.07 Å². The smallest absolute Gasteiger partial charge is 0.406 e. The molecule has 0 aliphatic rings. The average molecular weight is 377 g/mol. The highest BCUT2D eigenvalue weighted by Gasteiger charge is 2.31. The lowest BCUT2D eigenvalue weighted by atomic mass is 10.2. The maximum absolute atomic E-state index is 12.2. The van der Waals surface area contributed by atoms with Crippen molar-refractivity contribution in [1.82, 2.24) is 0 Å². The van der Waals surface area contributed by atoms with Gasteiger partial charge in [-0.2, -0.15) is 0 Å². The van der Waals surface area contributed by atoms with E-state index in [1.165, 1.54) is 6.07 Å². The fourth-order valence-electron chi connectivity index (χ4n) is 1.80. The summed E-state index contributed by atoms with van der Waals surface area (Å²) in [5, 5.41) is 10.8. The molecule has 0 aliphatic carbocycles. The van der Waals surface area contributed by atoms with Gasteiger partial charge in [0.2, 0.25) is 0 Å². The number of hydrogen-bond acceptors (Lipinski definition) is 6. The van der Waals surface area contributed by atoms with Gasteiger partial charge < -0.3 is 10.5 Å². The van der Waals surface area contributed by atoms with Crippen molar-refractivity contribution in [3.8, 4) is 5.75 Å². The summed E-state index contributed by atoms with van der Waals surface area (Å²) in [6.45, 7) is 0. The van der Waals surface area contributed by atoms with Crippen LogP contribution in [0.1, 0.15) is 0 Å². The Morgan fingerprint density at radius 2 is 1.72 bits per heavy atom. The Morgan fingerprint density at radius 1 is 1.12 bits per heavy atom. The van der Waals surface area contributed by atoms with Gasteiger partial charge in [-0.1, -0.05) is 0 Å². The van der Waals surface area contributed by atoms with Crippen LogP contribution in [-0.2, 0) is 10.0 Å². The van der Waals surface area contributed by atoms with E-state index in [1.807, 2.05) is 0 Å². The Morgan fingerprint density at radius 3 is 2.24 bits per heavy atom. The topological polar surface area (TPSA) is 125 Å². The van der Waals surface area contributed by atoms with Crippen molar-refractivity contribution < 1.29 is 31.2 Å². The quantitative estimate of drug-likeness (QED) is 0.469. The van der Waals surface area contributed by atoms with E-state index in [4.69, 9.17) is 5.73 Å². The molecule has 0 atom stereocenters. The fraction of sp³-hybridized carbons (Fsp3) is 0.0769. The number of alkyl halides is 3. The van der Waals surface area contributed by atoms with Crippen molar-refractivity contribution in [3.05, 3.63) is 52.6 Å². The molecule has 12 heteroatoms. The largest absolute Gasteiger partial charge is 0.573 e. The van der Waals surface area contributed by atoms with Gasteiger partial charge in [-0.25, -0.2) is 8.42 Å². The maximum atomic E-state index is 12.2. The summed E-state index contributed by atoms with van der Waals surface area (Å²) in [4.78, 5) is 9.66. The number of nitrogens with two attached hydrogens (primary N) is 1. The lowest BCUT2D eigenvalue weighted by Crippen LogP contribution is -2.17. The molecule has 0 saturated carbocycles. The van der Waals surface area contributed by atoms with Crippen LogP contribution in [0.3, 0.4) is 0 Å². The highest BCUT2D eigenvalue weighted by atomic mass is 32.2. The summed E-state index contributed by atoms with van der Waals surface area (Å²) in [6, 6.07) is 6.73. The number of ether oxygens (including phenoxy) is 1. The first-order valence-electron chi connectivity index (χ1n) is 6.40. The second-order valence-corrected chi connectivity index (χ2v) is 6.34. The third kappa shape index (κ3) is 4.73. The van der Waals surface area contributed by atoms with Gasteiger partial charge in [-0.15, -0.1) is 13.2 Å². The second-order valence-electron chi connectivity index (χ2n) is 4.66. The molecule has 25 heavy (non-hydrogen) atoms. The van der Waals surface area contributed by atoms with Crippen LogP contribution in [0.5, 0.6) is 5.75 Å². The SMILES string of the molecule is Nc1ccc(NS(=O)(=O)c2ccc(OC(F)(F)F)cc2)cc1[N+](=O)[O-]. The van der Waals surface area contributed by atoms with Gasteiger partial charge in [0.05, 0.1) is 15.5 Å². The summed E-state index contributed by atoms with van der Waals surface area (Å²) in [5.74, 6) is -0.588. The number of nitrogens with one attached hydrogen (secondary N) is 1. The molecule has 0 unspecified atom stereocenters. The Balaban J connectivity index is 2.25. The number of hydrogen-bond donors (Lipinski definition) is 2. The number of anilines is 2. The highest BCUT2D eigenvalue weighted by Crippen LogP contribution is 2.28. The summed E-state index contributed by atoms with van der Waals surface area (Å²) >= 11 is 0. The van der Waals surface area contributed by atoms with E-state index in [0.717, 1.165) is 36.4 Å². The lowest BCUT2D eigenvalue weighted by molar-refractivity contribution is -0.383. The standard InChI is InChI=1S/C13H10F3N3O5S/c14-13(15,16)24-9-2-4-10(5-3-9)25(22,23)18-8-1-6-11(17)12(7-8)19(20)21/h1-7,18H,17H2. The Labute approximate surface area is 139 Å². The number of rotatable bonds is 5. The van der Waals surface area contributed by atoms with Gasteiger partial charge in [0.1, 0.15) is 11.4 Å². The van der Waals surface area contributed by atoms with Crippen LogP contribution >= 0.6 is 0 Å². The Bertz CT molecular complexity index is 898. The molecule has 134 valence electrons. The van der Waals surface area contributed by atoms with E-state index in [1.54, 1.807) is 0 Å². The van der Waals surface area contributed by atoms with Crippen molar-refractivity contribution in [2.75, 3.05) is 10.5 Å². The molecule has 0 radical (unpaired) electrons. The first-order valence-corrected chi connectivity index (χ1v) is 7.89. The highest BCUT2D eigenvalue weighted by molar-refractivity contribution is 7.92. The molecule has 2 rings (SSSR count). The third-order valence-electron chi connectivity index (χ3n) is 2.85. The number of nitrogens with zero attached hydrogens (tertiary/aromatic N) is 1. The van der Waals surface area contributed by atoms with Gasteiger partial charge in [-0.3, -0.25) is 14.8 Å². The number of nitro groups is 1. The lowest BCUT2D eigenvalue weighted by Gasteiger charge is -2.11. The molecule has 0 amide bonds. The first-order chi connectivity index (χ1) is 11.5. The van der Waals surface area contributed by atoms with E-state index >= 15 is 0 Å². The second kappa shape index (κ2) is 6.47.